The highest BCUT2D eigenvalue weighted by Crippen LogP contribution is 2.36. The molecule has 0 saturated heterocycles. The van der Waals surface area contributed by atoms with E-state index in [1.54, 1.807) is 12.1 Å². The molecule has 1 aromatic carbocycles. The summed E-state index contributed by atoms with van der Waals surface area (Å²) in [6.07, 6.45) is 4.51. The second kappa shape index (κ2) is 7.01. The highest BCUT2D eigenvalue weighted by atomic mass is 19.1. The maximum atomic E-state index is 12.8. The van der Waals surface area contributed by atoms with Gasteiger partial charge < -0.3 is 10.4 Å². The maximum absolute atomic E-state index is 12.8. The molecule has 1 saturated carbocycles. The number of aliphatic hydroxyl groups is 1. The number of aliphatic hydroxyl groups excluding tert-OH is 1. The third-order valence-electron chi connectivity index (χ3n) is 4.10. The van der Waals surface area contributed by atoms with Crippen LogP contribution < -0.4 is 5.32 Å². The van der Waals surface area contributed by atoms with Crippen LogP contribution in [0.3, 0.4) is 0 Å². The van der Waals surface area contributed by atoms with Crippen LogP contribution in [0.25, 0.3) is 0 Å². The predicted octanol–water partition coefficient (Wildman–Crippen LogP) is 3.07. The molecule has 0 aliphatic heterocycles. The summed E-state index contributed by atoms with van der Waals surface area (Å²) in [4.78, 5) is 0. The van der Waals surface area contributed by atoms with Crippen molar-refractivity contribution in [1.29, 1.82) is 0 Å². The second-order valence-electron chi connectivity index (χ2n) is 5.80. The number of benzene rings is 1. The molecule has 2 nitrogen and oxygen atoms in total. The smallest absolute Gasteiger partial charge is 0.123 e. The number of hydrogen-bond donors (Lipinski definition) is 2. The number of hydrogen-bond acceptors (Lipinski definition) is 2. The van der Waals surface area contributed by atoms with Crippen LogP contribution >= 0.6 is 0 Å². The van der Waals surface area contributed by atoms with Crippen molar-refractivity contribution in [3.05, 3.63) is 35.6 Å². The van der Waals surface area contributed by atoms with E-state index >= 15 is 0 Å². The number of nitrogens with one attached hydrogen (secondary N) is 1. The summed E-state index contributed by atoms with van der Waals surface area (Å²) in [6.45, 7) is 3.40. The van der Waals surface area contributed by atoms with Gasteiger partial charge in [0.15, 0.2) is 0 Å². The molecule has 1 aliphatic rings. The number of halogens is 1. The lowest BCUT2D eigenvalue weighted by Crippen LogP contribution is -2.40. The first kappa shape index (κ1) is 14.5. The van der Waals surface area contributed by atoms with E-state index in [1.165, 1.54) is 5.56 Å². The standard InChI is InChI=1S/C16H24FNO/c1-12(11-19)3-2-8-18-16-9-14(10-16)13-4-6-15(17)7-5-13/h4-7,12,14,16,18-19H,2-3,8-11H2,1H3. The van der Waals surface area contributed by atoms with Gasteiger partial charge in [0, 0.05) is 12.6 Å². The summed E-state index contributed by atoms with van der Waals surface area (Å²) in [6, 6.07) is 7.51. The fourth-order valence-corrected chi connectivity index (χ4v) is 2.64. The van der Waals surface area contributed by atoms with E-state index in [-0.39, 0.29) is 12.4 Å². The summed E-state index contributed by atoms with van der Waals surface area (Å²) in [7, 11) is 0. The molecule has 106 valence electrons. The van der Waals surface area contributed by atoms with Crippen molar-refractivity contribution < 1.29 is 9.50 Å². The largest absolute Gasteiger partial charge is 0.396 e. The van der Waals surface area contributed by atoms with Crippen molar-refractivity contribution in [1.82, 2.24) is 5.32 Å². The quantitative estimate of drug-likeness (QED) is 0.743. The van der Waals surface area contributed by atoms with Crippen molar-refractivity contribution in [2.45, 2.75) is 44.6 Å². The molecule has 0 amide bonds. The molecule has 19 heavy (non-hydrogen) atoms. The van der Waals surface area contributed by atoms with Crippen LogP contribution in [0.5, 0.6) is 0 Å². The van der Waals surface area contributed by atoms with Gasteiger partial charge in [-0.05, 0) is 61.8 Å². The topological polar surface area (TPSA) is 32.3 Å². The molecular formula is C16H24FNO. The highest BCUT2D eigenvalue weighted by Gasteiger charge is 2.29. The Labute approximate surface area is 115 Å². The van der Waals surface area contributed by atoms with Crippen LogP contribution in [0.2, 0.25) is 0 Å². The van der Waals surface area contributed by atoms with Crippen LogP contribution in [0, 0.1) is 11.7 Å². The lowest BCUT2D eigenvalue weighted by Gasteiger charge is -2.36. The Bertz CT molecular complexity index is 373. The Morgan fingerprint density at radius 3 is 2.63 bits per heavy atom. The van der Waals surface area contributed by atoms with Crippen molar-refractivity contribution in [2.24, 2.45) is 5.92 Å². The molecule has 1 aliphatic carbocycles. The third-order valence-corrected chi connectivity index (χ3v) is 4.10. The zero-order valence-electron chi connectivity index (χ0n) is 11.6. The first-order chi connectivity index (χ1) is 9.19. The average molecular weight is 265 g/mol. The fourth-order valence-electron chi connectivity index (χ4n) is 2.64. The van der Waals surface area contributed by atoms with Crippen LogP contribution in [-0.2, 0) is 0 Å². The van der Waals surface area contributed by atoms with E-state index in [0.29, 0.717) is 17.9 Å². The Kier molecular flexibility index (Phi) is 5.34. The van der Waals surface area contributed by atoms with E-state index in [9.17, 15) is 4.39 Å². The van der Waals surface area contributed by atoms with Gasteiger partial charge in [-0.15, -0.1) is 0 Å². The minimum absolute atomic E-state index is 0.157. The van der Waals surface area contributed by atoms with Crippen LogP contribution in [0.1, 0.15) is 44.1 Å². The molecule has 1 atom stereocenters. The van der Waals surface area contributed by atoms with Crippen molar-refractivity contribution in [3.8, 4) is 0 Å². The molecule has 0 aromatic heterocycles. The van der Waals surface area contributed by atoms with Gasteiger partial charge in [0.1, 0.15) is 5.82 Å². The molecule has 1 unspecified atom stereocenters. The molecule has 3 heteroatoms. The zero-order valence-corrected chi connectivity index (χ0v) is 11.6. The van der Waals surface area contributed by atoms with Gasteiger partial charge in [0.25, 0.3) is 0 Å². The van der Waals surface area contributed by atoms with Crippen molar-refractivity contribution in [2.75, 3.05) is 13.2 Å². The van der Waals surface area contributed by atoms with Crippen LogP contribution in [0.15, 0.2) is 24.3 Å². The average Bonchev–Trinajstić information content (AvgIpc) is 2.37. The van der Waals surface area contributed by atoms with Crippen molar-refractivity contribution in [3.63, 3.8) is 0 Å². The van der Waals surface area contributed by atoms with Gasteiger partial charge >= 0.3 is 0 Å². The Balaban J connectivity index is 1.60. The minimum Gasteiger partial charge on any atom is -0.396 e. The molecule has 0 bridgehead atoms. The van der Waals surface area contributed by atoms with E-state index < -0.39 is 0 Å². The van der Waals surface area contributed by atoms with Gasteiger partial charge in [-0.2, -0.15) is 0 Å². The van der Waals surface area contributed by atoms with Gasteiger partial charge in [0.05, 0.1) is 0 Å². The third kappa shape index (κ3) is 4.29. The zero-order chi connectivity index (χ0) is 13.7. The summed E-state index contributed by atoms with van der Waals surface area (Å²) in [5.41, 5.74) is 1.26. The van der Waals surface area contributed by atoms with E-state index in [4.69, 9.17) is 5.11 Å². The van der Waals surface area contributed by atoms with Crippen LogP contribution in [-0.4, -0.2) is 24.3 Å². The molecule has 2 rings (SSSR count). The molecule has 0 radical (unpaired) electrons. The van der Waals surface area contributed by atoms with Crippen LogP contribution in [0.4, 0.5) is 4.39 Å². The molecule has 0 heterocycles. The van der Waals surface area contributed by atoms with E-state index in [1.807, 2.05) is 12.1 Å². The Morgan fingerprint density at radius 2 is 2.00 bits per heavy atom. The fraction of sp³-hybridized carbons (Fsp3) is 0.625. The van der Waals surface area contributed by atoms with Crippen molar-refractivity contribution >= 4 is 0 Å². The van der Waals surface area contributed by atoms with Gasteiger partial charge in [-0.25, -0.2) is 4.39 Å². The first-order valence-electron chi connectivity index (χ1n) is 7.28. The van der Waals surface area contributed by atoms with E-state index in [0.717, 1.165) is 32.2 Å². The SMILES string of the molecule is CC(CO)CCCNC1CC(c2ccc(F)cc2)C1. The number of rotatable bonds is 7. The van der Waals surface area contributed by atoms with Gasteiger partial charge in [0.2, 0.25) is 0 Å². The van der Waals surface area contributed by atoms with Gasteiger partial charge in [-0.3, -0.25) is 0 Å². The van der Waals surface area contributed by atoms with Gasteiger partial charge in [-0.1, -0.05) is 19.1 Å². The first-order valence-corrected chi connectivity index (χ1v) is 7.28. The molecule has 1 fully saturated rings. The normalized spacial score (nSPS) is 23.9. The minimum atomic E-state index is -0.157. The lowest BCUT2D eigenvalue weighted by atomic mass is 9.76. The maximum Gasteiger partial charge on any atom is 0.123 e. The summed E-state index contributed by atoms with van der Waals surface area (Å²) < 4.78 is 12.8. The highest BCUT2D eigenvalue weighted by molar-refractivity contribution is 5.23. The molecule has 0 spiro atoms. The molecular weight excluding hydrogens is 241 g/mol. The summed E-state index contributed by atoms with van der Waals surface area (Å²) in [5.74, 6) is 0.848. The monoisotopic (exact) mass is 265 g/mol. The summed E-state index contributed by atoms with van der Waals surface area (Å²) >= 11 is 0. The molecule has 2 N–H and O–H groups in total. The Hall–Kier alpha value is -0.930. The summed E-state index contributed by atoms with van der Waals surface area (Å²) in [5, 5.41) is 12.5. The molecule has 1 aromatic rings. The lowest BCUT2D eigenvalue weighted by molar-refractivity contribution is 0.225. The Morgan fingerprint density at radius 1 is 1.32 bits per heavy atom. The second-order valence-corrected chi connectivity index (χ2v) is 5.80. The van der Waals surface area contributed by atoms with E-state index in [2.05, 4.69) is 12.2 Å². The predicted molar refractivity (Wildman–Crippen MR) is 75.6 cm³/mol.